The molecule has 0 heterocycles. The topological polar surface area (TPSA) is 79.5 Å². The molecule has 6 nitrogen and oxygen atoms in total. The first kappa shape index (κ1) is 19.1. The lowest BCUT2D eigenvalue weighted by molar-refractivity contribution is 0.0622. The SMILES string of the molecule is CCCNCNCCCCCNC(=O)OC(=O)c1ccccc1. The van der Waals surface area contributed by atoms with Crippen LogP contribution in [0.25, 0.3) is 0 Å². The summed E-state index contributed by atoms with van der Waals surface area (Å²) in [5, 5.41) is 9.15. The fraction of sp³-hybridized carbons (Fsp3) is 0.529. The summed E-state index contributed by atoms with van der Waals surface area (Å²) in [5.41, 5.74) is 0.366. The molecule has 0 aliphatic carbocycles. The molecule has 1 amide bonds. The number of rotatable bonds is 11. The van der Waals surface area contributed by atoms with E-state index >= 15 is 0 Å². The second kappa shape index (κ2) is 12.6. The molecule has 128 valence electrons. The number of unbranched alkanes of at least 4 members (excludes halogenated alkanes) is 2. The number of hydrogen-bond acceptors (Lipinski definition) is 5. The van der Waals surface area contributed by atoms with Crippen molar-refractivity contribution in [1.82, 2.24) is 16.0 Å². The van der Waals surface area contributed by atoms with E-state index in [1.165, 1.54) is 0 Å². The van der Waals surface area contributed by atoms with Crippen LogP contribution < -0.4 is 16.0 Å². The van der Waals surface area contributed by atoms with E-state index < -0.39 is 12.1 Å². The van der Waals surface area contributed by atoms with Gasteiger partial charge in [0.15, 0.2) is 0 Å². The first-order valence-corrected chi connectivity index (χ1v) is 8.20. The summed E-state index contributed by atoms with van der Waals surface area (Å²) >= 11 is 0. The molecule has 1 rings (SSSR count). The Kier molecular flexibility index (Phi) is 10.5. The Morgan fingerprint density at radius 3 is 2.39 bits per heavy atom. The normalized spacial score (nSPS) is 10.3. The molecular weight excluding hydrogens is 294 g/mol. The van der Waals surface area contributed by atoms with Crippen LogP contribution in [0.5, 0.6) is 0 Å². The molecule has 0 aliphatic heterocycles. The van der Waals surface area contributed by atoms with Gasteiger partial charge in [-0.3, -0.25) is 0 Å². The monoisotopic (exact) mass is 321 g/mol. The molecule has 0 unspecified atom stereocenters. The highest BCUT2D eigenvalue weighted by Gasteiger charge is 2.11. The van der Waals surface area contributed by atoms with Crippen LogP contribution >= 0.6 is 0 Å². The molecule has 0 bridgehead atoms. The van der Waals surface area contributed by atoms with Gasteiger partial charge >= 0.3 is 12.1 Å². The van der Waals surface area contributed by atoms with Crippen molar-refractivity contribution in [3.63, 3.8) is 0 Å². The highest BCUT2D eigenvalue weighted by Crippen LogP contribution is 2.01. The van der Waals surface area contributed by atoms with Crippen molar-refractivity contribution < 1.29 is 14.3 Å². The predicted molar refractivity (Wildman–Crippen MR) is 90.3 cm³/mol. The molecule has 1 aromatic rings. The fourth-order valence-electron chi connectivity index (χ4n) is 1.94. The van der Waals surface area contributed by atoms with Gasteiger partial charge in [-0.15, -0.1) is 0 Å². The molecule has 0 aromatic heterocycles. The lowest BCUT2D eigenvalue weighted by atomic mass is 10.2. The van der Waals surface area contributed by atoms with Crippen molar-refractivity contribution in [3.8, 4) is 0 Å². The van der Waals surface area contributed by atoms with E-state index in [4.69, 9.17) is 4.74 Å². The summed E-state index contributed by atoms with van der Waals surface area (Å²) < 4.78 is 4.71. The number of amides is 1. The first-order chi connectivity index (χ1) is 11.2. The van der Waals surface area contributed by atoms with Crippen molar-refractivity contribution in [2.75, 3.05) is 26.3 Å². The largest absolute Gasteiger partial charge is 0.415 e. The van der Waals surface area contributed by atoms with Crippen molar-refractivity contribution >= 4 is 12.1 Å². The van der Waals surface area contributed by atoms with Gasteiger partial charge in [-0.05, 0) is 44.5 Å². The Balaban J connectivity index is 1.97. The molecule has 0 fully saturated rings. The third-order valence-electron chi connectivity index (χ3n) is 3.17. The van der Waals surface area contributed by atoms with Crippen LogP contribution in [0, 0.1) is 0 Å². The van der Waals surface area contributed by atoms with Crippen LogP contribution in [0.3, 0.4) is 0 Å². The number of hydrogen-bond donors (Lipinski definition) is 3. The zero-order chi connectivity index (χ0) is 16.8. The molecular formula is C17H27N3O3. The van der Waals surface area contributed by atoms with Crippen molar-refractivity contribution in [1.29, 1.82) is 0 Å². The highest BCUT2D eigenvalue weighted by molar-refractivity contribution is 5.96. The van der Waals surface area contributed by atoms with Gasteiger partial charge in [0.25, 0.3) is 0 Å². The number of esters is 1. The zero-order valence-corrected chi connectivity index (χ0v) is 13.8. The van der Waals surface area contributed by atoms with Gasteiger partial charge in [0, 0.05) is 13.2 Å². The summed E-state index contributed by atoms with van der Waals surface area (Å²) in [6.07, 6.45) is 3.36. The highest BCUT2D eigenvalue weighted by atomic mass is 16.6. The number of ether oxygens (including phenoxy) is 1. The number of benzene rings is 1. The Morgan fingerprint density at radius 1 is 0.957 bits per heavy atom. The third-order valence-corrected chi connectivity index (χ3v) is 3.17. The van der Waals surface area contributed by atoms with Crippen LogP contribution in [0.2, 0.25) is 0 Å². The Labute approximate surface area is 138 Å². The second-order valence-electron chi connectivity index (χ2n) is 5.21. The minimum Gasteiger partial charge on any atom is -0.373 e. The van der Waals surface area contributed by atoms with Crippen LogP contribution in [0.15, 0.2) is 30.3 Å². The van der Waals surface area contributed by atoms with Crippen molar-refractivity contribution in [2.24, 2.45) is 0 Å². The Morgan fingerprint density at radius 2 is 1.65 bits per heavy atom. The first-order valence-electron chi connectivity index (χ1n) is 8.20. The van der Waals surface area contributed by atoms with Gasteiger partial charge in [0.2, 0.25) is 0 Å². The molecule has 0 saturated heterocycles. The molecule has 6 heteroatoms. The quantitative estimate of drug-likeness (QED) is 0.252. The van der Waals surface area contributed by atoms with E-state index in [0.29, 0.717) is 12.1 Å². The number of carbonyl (C=O) groups excluding carboxylic acids is 2. The standard InChI is InChI=1S/C17H27N3O3/c1-2-11-18-14-19-12-7-4-8-13-20-17(22)23-16(21)15-9-5-3-6-10-15/h3,5-6,9-10,18-19H,2,4,7-8,11-14H2,1H3,(H,20,22). The van der Waals surface area contributed by atoms with Crippen molar-refractivity contribution in [2.45, 2.75) is 32.6 Å². The van der Waals surface area contributed by atoms with E-state index in [-0.39, 0.29) is 0 Å². The Hall–Kier alpha value is -1.92. The molecule has 3 N–H and O–H groups in total. The molecule has 0 spiro atoms. The van der Waals surface area contributed by atoms with Gasteiger partial charge in [-0.2, -0.15) is 0 Å². The van der Waals surface area contributed by atoms with Crippen LogP contribution in [-0.4, -0.2) is 38.4 Å². The summed E-state index contributed by atoms with van der Waals surface area (Å²) in [5.74, 6) is -0.633. The number of alkyl carbamates (subject to hydrolysis) is 1. The lowest BCUT2D eigenvalue weighted by Crippen LogP contribution is -2.30. The maximum absolute atomic E-state index is 11.6. The molecule has 1 aromatic carbocycles. The van der Waals surface area contributed by atoms with E-state index in [0.717, 1.165) is 45.4 Å². The summed E-state index contributed by atoms with van der Waals surface area (Å²) in [6, 6.07) is 8.46. The average Bonchev–Trinajstić information content (AvgIpc) is 2.57. The van der Waals surface area contributed by atoms with E-state index in [1.807, 2.05) is 0 Å². The predicted octanol–water partition coefficient (Wildman–Crippen LogP) is 2.27. The van der Waals surface area contributed by atoms with Crippen molar-refractivity contribution in [3.05, 3.63) is 35.9 Å². The Bertz CT molecular complexity index is 452. The number of carbonyl (C=O) groups is 2. The molecule has 0 radical (unpaired) electrons. The van der Waals surface area contributed by atoms with Crippen LogP contribution in [0.1, 0.15) is 43.0 Å². The maximum Gasteiger partial charge on any atom is 0.415 e. The number of nitrogens with one attached hydrogen (secondary N) is 3. The van der Waals surface area contributed by atoms with E-state index in [1.54, 1.807) is 30.3 Å². The van der Waals surface area contributed by atoms with Crippen LogP contribution in [-0.2, 0) is 4.74 Å². The summed E-state index contributed by atoms with van der Waals surface area (Å²) in [6.45, 7) is 5.46. The van der Waals surface area contributed by atoms with Crippen LogP contribution in [0.4, 0.5) is 4.79 Å². The maximum atomic E-state index is 11.6. The molecule has 0 atom stereocenters. The van der Waals surface area contributed by atoms with Gasteiger partial charge in [0.05, 0.1) is 5.56 Å². The molecule has 0 saturated carbocycles. The summed E-state index contributed by atoms with van der Waals surface area (Å²) in [7, 11) is 0. The second-order valence-corrected chi connectivity index (χ2v) is 5.21. The van der Waals surface area contributed by atoms with Gasteiger partial charge in [-0.1, -0.05) is 31.5 Å². The molecule has 0 aliphatic rings. The minimum atomic E-state index is -0.694. The minimum absolute atomic E-state index is 0.366. The van der Waals surface area contributed by atoms with Gasteiger partial charge in [0.1, 0.15) is 0 Å². The fourth-order valence-corrected chi connectivity index (χ4v) is 1.94. The smallest absolute Gasteiger partial charge is 0.373 e. The van der Waals surface area contributed by atoms with Gasteiger partial charge in [-0.25, -0.2) is 9.59 Å². The average molecular weight is 321 g/mol. The zero-order valence-electron chi connectivity index (χ0n) is 13.8. The third kappa shape index (κ3) is 9.65. The van der Waals surface area contributed by atoms with E-state index in [9.17, 15) is 9.59 Å². The molecule has 23 heavy (non-hydrogen) atoms. The summed E-state index contributed by atoms with van der Waals surface area (Å²) in [4.78, 5) is 23.1. The van der Waals surface area contributed by atoms with E-state index in [2.05, 4.69) is 22.9 Å². The van der Waals surface area contributed by atoms with Gasteiger partial charge < -0.3 is 20.7 Å². The lowest BCUT2D eigenvalue weighted by Gasteiger charge is -2.07.